The smallest absolute Gasteiger partial charge is 0.145 e. The lowest BCUT2D eigenvalue weighted by Crippen LogP contribution is -2.11. The number of aromatic hydroxyl groups is 1. The van der Waals surface area contributed by atoms with Crippen LogP contribution < -0.4 is 0 Å². The maximum atomic E-state index is 10.7. The van der Waals surface area contributed by atoms with Gasteiger partial charge >= 0.3 is 0 Å². The summed E-state index contributed by atoms with van der Waals surface area (Å²) >= 11 is 0. The Morgan fingerprint density at radius 3 is 2.12 bits per heavy atom. The van der Waals surface area contributed by atoms with Crippen LogP contribution in [-0.2, 0) is 5.41 Å². The second kappa shape index (κ2) is 10.0. The van der Waals surface area contributed by atoms with Gasteiger partial charge < -0.3 is 5.11 Å². The van der Waals surface area contributed by atoms with Crippen LogP contribution in [-0.4, -0.2) is 19.6 Å². The summed E-state index contributed by atoms with van der Waals surface area (Å²) in [6.45, 7) is 6.69. The van der Waals surface area contributed by atoms with Gasteiger partial charge in [0.2, 0.25) is 0 Å². The summed E-state index contributed by atoms with van der Waals surface area (Å²) in [6, 6.07) is 41.3. The number of benzene rings is 5. The quantitative estimate of drug-likeness (QED) is 0.240. The van der Waals surface area contributed by atoms with E-state index in [4.69, 9.17) is 9.97 Å². The van der Waals surface area contributed by atoms with E-state index in [0.717, 1.165) is 61.3 Å². The summed E-state index contributed by atoms with van der Waals surface area (Å²) in [7, 11) is 0. The molecule has 0 bridgehead atoms. The lowest BCUT2D eigenvalue weighted by atomic mass is 9.87. The fraction of sp³-hybridized carbons (Fsp3) is 0.105. The minimum Gasteiger partial charge on any atom is -0.507 e. The largest absolute Gasteiger partial charge is 0.507 e. The van der Waals surface area contributed by atoms with E-state index in [2.05, 4.69) is 104 Å². The maximum Gasteiger partial charge on any atom is 0.145 e. The van der Waals surface area contributed by atoms with Crippen molar-refractivity contribution in [2.45, 2.75) is 26.2 Å². The van der Waals surface area contributed by atoms with Gasteiger partial charge in [0.15, 0.2) is 0 Å². The van der Waals surface area contributed by atoms with Crippen molar-refractivity contribution in [1.82, 2.24) is 14.5 Å². The normalized spacial score (nSPS) is 11.8. The number of para-hydroxylation sites is 3. The molecule has 5 aromatic carbocycles. The van der Waals surface area contributed by atoms with E-state index in [1.54, 1.807) is 6.07 Å². The Bertz CT molecular complexity index is 2080. The first-order chi connectivity index (χ1) is 20.4. The zero-order valence-electron chi connectivity index (χ0n) is 23.9. The van der Waals surface area contributed by atoms with Crippen LogP contribution in [0.2, 0.25) is 0 Å². The van der Waals surface area contributed by atoms with Gasteiger partial charge in [0.25, 0.3) is 0 Å². The first-order valence-corrected chi connectivity index (χ1v) is 14.2. The maximum absolute atomic E-state index is 10.7. The van der Waals surface area contributed by atoms with Crippen LogP contribution in [0.15, 0.2) is 128 Å². The zero-order valence-corrected chi connectivity index (χ0v) is 23.9. The predicted octanol–water partition coefficient (Wildman–Crippen LogP) is 9.58. The molecule has 0 aliphatic rings. The SMILES string of the molecule is CC(C)(C)c1ccc(-n2c(-c3cccc(-c4cccc5cccnc45)c3)nc3c(-c4ccccc4O)cccc32)cc1. The van der Waals surface area contributed by atoms with E-state index < -0.39 is 0 Å². The Labute approximate surface area is 245 Å². The molecule has 0 amide bonds. The number of hydrogen-bond donors (Lipinski definition) is 1. The molecule has 0 spiro atoms. The molecule has 4 nitrogen and oxygen atoms in total. The van der Waals surface area contributed by atoms with Crippen LogP contribution in [0.1, 0.15) is 26.3 Å². The molecule has 0 radical (unpaired) electrons. The highest BCUT2D eigenvalue weighted by atomic mass is 16.3. The van der Waals surface area contributed by atoms with Gasteiger partial charge in [-0.25, -0.2) is 4.98 Å². The Balaban J connectivity index is 1.48. The third-order valence-electron chi connectivity index (χ3n) is 7.94. The number of pyridine rings is 1. The van der Waals surface area contributed by atoms with Gasteiger partial charge in [0, 0.05) is 39.5 Å². The molecule has 0 fully saturated rings. The molecule has 7 aromatic rings. The first kappa shape index (κ1) is 25.7. The lowest BCUT2D eigenvalue weighted by Gasteiger charge is -2.20. The van der Waals surface area contributed by atoms with E-state index in [0.29, 0.717) is 0 Å². The summed E-state index contributed by atoms with van der Waals surface area (Å²) in [5.41, 5.74) is 9.98. The number of phenolic OH excluding ortho intramolecular Hbond substituents is 1. The van der Waals surface area contributed by atoms with Crippen LogP contribution in [0.3, 0.4) is 0 Å². The highest BCUT2D eigenvalue weighted by Gasteiger charge is 2.20. The number of rotatable bonds is 4. The van der Waals surface area contributed by atoms with E-state index in [-0.39, 0.29) is 11.2 Å². The Kier molecular flexibility index (Phi) is 6.13. The summed E-state index contributed by atoms with van der Waals surface area (Å²) in [5, 5.41) is 11.9. The highest BCUT2D eigenvalue weighted by molar-refractivity contribution is 5.98. The molecule has 0 aliphatic carbocycles. The van der Waals surface area contributed by atoms with Gasteiger partial charge in [-0.2, -0.15) is 0 Å². The zero-order chi connectivity index (χ0) is 28.8. The number of fused-ring (bicyclic) bond motifs is 2. The van der Waals surface area contributed by atoms with Crippen molar-refractivity contribution >= 4 is 21.9 Å². The molecule has 2 heterocycles. The van der Waals surface area contributed by atoms with Crippen molar-refractivity contribution < 1.29 is 5.11 Å². The first-order valence-electron chi connectivity index (χ1n) is 14.2. The van der Waals surface area contributed by atoms with E-state index in [9.17, 15) is 5.11 Å². The summed E-state index contributed by atoms with van der Waals surface area (Å²) in [4.78, 5) is 9.98. The van der Waals surface area contributed by atoms with Crippen LogP contribution in [0.4, 0.5) is 0 Å². The molecule has 0 aliphatic heterocycles. The number of imidazole rings is 1. The molecular formula is C38H31N3O. The van der Waals surface area contributed by atoms with Crippen molar-refractivity contribution in [2.24, 2.45) is 0 Å². The average molecular weight is 546 g/mol. The molecule has 0 saturated carbocycles. The molecule has 7 rings (SSSR count). The predicted molar refractivity (Wildman–Crippen MR) is 173 cm³/mol. The topological polar surface area (TPSA) is 50.9 Å². The number of nitrogens with zero attached hydrogens (tertiary/aromatic N) is 3. The summed E-state index contributed by atoms with van der Waals surface area (Å²) < 4.78 is 2.23. The van der Waals surface area contributed by atoms with Crippen LogP contribution in [0.25, 0.3) is 61.3 Å². The van der Waals surface area contributed by atoms with Gasteiger partial charge in [-0.15, -0.1) is 0 Å². The molecule has 0 unspecified atom stereocenters. The van der Waals surface area contributed by atoms with Gasteiger partial charge in [-0.1, -0.05) is 106 Å². The van der Waals surface area contributed by atoms with E-state index in [1.807, 2.05) is 42.6 Å². The van der Waals surface area contributed by atoms with Gasteiger partial charge in [-0.05, 0) is 52.9 Å². The van der Waals surface area contributed by atoms with Crippen molar-refractivity contribution in [2.75, 3.05) is 0 Å². The molecule has 42 heavy (non-hydrogen) atoms. The van der Waals surface area contributed by atoms with Crippen LogP contribution >= 0.6 is 0 Å². The number of phenols is 1. The highest BCUT2D eigenvalue weighted by Crippen LogP contribution is 2.39. The monoisotopic (exact) mass is 545 g/mol. The standard InChI is InChI=1S/C38H31N3O/c1-38(2,3)28-19-21-29(22-20-28)41-33-17-8-16-32(31-14-4-5-18-34(31)42)36(33)40-37(41)27-12-6-11-26(24-27)30-15-7-10-25-13-9-23-39-35(25)30/h4-24,42H,1-3H3. The minimum absolute atomic E-state index is 0.0528. The van der Waals surface area contributed by atoms with Crippen molar-refractivity contribution in [3.8, 4) is 45.1 Å². The van der Waals surface area contributed by atoms with Crippen molar-refractivity contribution in [1.29, 1.82) is 0 Å². The molecule has 2 aromatic heterocycles. The van der Waals surface area contributed by atoms with Crippen LogP contribution in [0, 0.1) is 0 Å². The van der Waals surface area contributed by atoms with E-state index >= 15 is 0 Å². The summed E-state index contributed by atoms with van der Waals surface area (Å²) in [6.07, 6.45) is 1.84. The number of hydrogen-bond acceptors (Lipinski definition) is 3. The third kappa shape index (κ3) is 4.42. The third-order valence-corrected chi connectivity index (χ3v) is 7.94. The lowest BCUT2D eigenvalue weighted by molar-refractivity contribution is 0.477. The van der Waals surface area contributed by atoms with Gasteiger partial charge in [0.1, 0.15) is 11.6 Å². The second-order valence-electron chi connectivity index (χ2n) is 11.7. The average Bonchev–Trinajstić information content (AvgIpc) is 3.41. The Morgan fingerprint density at radius 2 is 1.31 bits per heavy atom. The number of aromatic nitrogens is 3. The fourth-order valence-electron chi connectivity index (χ4n) is 5.75. The Morgan fingerprint density at radius 1 is 0.619 bits per heavy atom. The van der Waals surface area contributed by atoms with E-state index in [1.165, 1.54) is 5.56 Å². The van der Waals surface area contributed by atoms with Crippen LogP contribution in [0.5, 0.6) is 5.75 Å². The minimum atomic E-state index is 0.0528. The molecule has 1 N–H and O–H groups in total. The van der Waals surface area contributed by atoms with Gasteiger partial charge in [-0.3, -0.25) is 9.55 Å². The molecular weight excluding hydrogens is 514 g/mol. The molecule has 0 atom stereocenters. The molecule has 204 valence electrons. The molecule has 0 saturated heterocycles. The summed E-state index contributed by atoms with van der Waals surface area (Å²) in [5.74, 6) is 1.08. The van der Waals surface area contributed by atoms with Gasteiger partial charge in [0.05, 0.1) is 16.6 Å². The fourth-order valence-corrected chi connectivity index (χ4v) is 5.75. The molecule has 4 heteroatoms. The second-order valence-corrected chi connectivity index (χ2v) is 11.7. The Hall–Kier alpha value is -5.22. The van der Waals surface area contributed by atoms with Crippen molar-refractivity contribution in [3.05, 3.63) is 133 Å². The van der Waals surface area contributed by atoms with Crippen molar-refractivity contribution in [3.63, 3.8) is 0 Å².